The normalized spacial score (nSPS) is 18.5. The van der Waals surface area contributed by atoms with Gasteiger partial charge < -0.3 is 20.5 Å². The number of carboxylic acid groups (broad SMARTS) is 1. The first-order valence-corrected chi connectivity index (χ1v) is 9.03. The number of likely N-dealkylation sites (tertiary alicyclic amines) is 1. The Hall–Kier alpha value is -1.87. The Morgan fingerprint density at radius 1 is 1.35 bits per heavy atom. The van der Waals surface area contributed by atoms with Gasteiger partial charge >= 0.3 is 18.0 Å². The number of aliphatic carboxylic acids is 1. The minimum atomic E-state index is -1.04. The summed E-state index contributed by atoms with van der Waals surface area (Å²) in [5, 5.41) is 10.5. The highest BCUT2D eigenvalue weighted by atomic mass is 16.6. The number of esters is 1. The van der Waals surface area contributed by atoms with Gasteiger partial charge in [-0.1, -0.05) is 0 Å². The summed E-state index contributed by atoms with van der Waals surface area (Å²) in [4.78, 5) is 37.8. The molecule has 1 aliphatic heterocycles. The summed E-state index contributed by atoms with van der Waals surface area (Å²) in [5.74, 6) is -1.47. The average molecular weight is 372 g/mol. The Labute approximate surface area is 154 Å². The first kappa shape index (κ1) is 22.2. The van der Waals surface area contributed by atoms with E-state index in [0.29, 0.717) is 38.8 Å². The van der Waals surface area contributed by atoms with Crippen molar-refractivity contribution >= 4 is 18.0 Å². The van der Waals surface area contributed by atoms with Crippen LogP contribution in [0.5, 0.6) is 0 Å². The molecule has 0 aliphatic carbocycles. The number of carbonyl (C=O) groups is 3. The predicted molar refractivity (Wildman–Crippen MR) is 96.2 cm³/mol. The van der Waals surface area contributed by atoms with Crippen LogP contribution in [0.2, 0.25) is 0 Å². The molecule has 0 aromatic carbocycles. The maximum atomic E-state index is 12.7. The molecule has 1 heterocycles. The highest BCUT2D eigenvalue weighted by molar-refractivity contribution is 5.84. The van der Waals surface area contributed by atoms with E-state index in [0.717, 1.165) is 11.4 Å². The van der Waals surface area contributed by atoms with E-state index in [9.17, 15) is 19.5 Å². The van der Waals surface area contributed by atoms with Crippen LogP contribution in [0.4, 0.5) is 4.79 Å². The zero-order chi connectivity index (χ0) is 19.9. The van der Waals surface area contributed by atoms with Crippen molar-refractivity contribution in [3.63, 3.8) is 0 Å². The van der Waals surface area contributed by atoms with Crippen LogP contribution in [0.15, 0.2) is 0 Å². The molecule has 0 spiro atoms. The van der Waals surface area contributed by atoms with E-state index in [1.165, 1.54) is 11.9 Å². The molecule has 2 atom stereocenters. The van der Waals surface area contributed by atoms with Crippen molar-refractivity contribution in [3.05, 3.63) is 0 Å². The molecule has 26 heavy (non-hydrogen) atoms. The van der Waals surface area contributed by atoms with Gasteiger partial charge in [-0.15, -0.1) is 0 Å². The molecule has 1 aliphatic rings. The molecule has 0 aromatic rings. The average Bonchev–Trinajstić information content (AvgIpc) is 3.01. The minimum absolute atomic E-state index is 0.361. The van der Waals surface area contributed by atoms with E-state index in [4.69, 9.17) is 10.5 Å². The molecule has 1 unspecified atom stereocenters. The minimum Gasteiger partial charge on any atom is -0.480 e. The zero-order valence-electron chi connectivity index (χ0n) is 16.2. The van der Waals surface area contributed by atoms with Gasteiger partial charge in [0.05, 0.1) is 0 Å². The first-order valence-electron chi connectivity index (χ1n) is 9.03. The first-order chi connectivity index (χ1) is 12.1. The maximum Gasteiger partial charge on any atom is 0.334 e. The van der Waals surface area contributed by atoms with E-state index < -0.39 is 35.7 Å². The molecule has 4 N–H and O–H groups in total. The predicted octanol–water partition coefficient (Wildman–Crippen LogP) is 0.931. The fourth-order valence-corrected chi connectivity index (χ4v) is 2.83. The molecule has 150 valence electrons. The number of unbranched alkanes of at least 4 members (excludes halogenated alkanes) is 1. The maximum absolute atomic E-state index is 12.7. The fourth-order valence-electron chi connectivity index (χ4n) is 2.83. The number of nitrogens with two attached hydrogens (primary N) is 1. The largest absolute Gasteiger partial charge is 0.480 e. The van der Waals surface area contributed by atoms with Crippen molar-refractivity contribution in [2.24, 2.45) is 5.73 Å². The lowest BCUT2D eigenvalue weighted by Crippen LogP contribution is -2.55. The standard InChI is InChI=1S/C17H32N4O5/c1-17(2,3)26-15(24)13-9-7-11-21(13)16(25)20(4)19-12(14(22)23)8-5-6-10-18/h12-13,19H,5-11,18H2,1-4H3,(H,22,23)/t12?,13-/m0/s1. The smallest absolute Gasteiger partial charge is 0.334 e. The lowest BCUT2D eigenvalue weighted by atomic mass is 10.1. The monoisotopic (exact) mass is 372 g/mol. The van der Waals surface area contributed by atoms with E-state index in [1.54, 1.807) is 20.8 Å². The molecule has 9 nitrogen and oxygen atoms in total. The second-order valence-corrected chi connectivity index (χ2v) is 7.53. The lowest BCUT2D eigenvalue weighted by Gasteiger charge is -2.31. The number of hydrazine groups is 1. The van der Waals surface area contributed by atoms with Gasteiger partial charge in [0.15, 0.2) is 0 Å². The van der Waals surface area contributed by atoms with Crippen LogP contribution in [0.1, 0.15) is 52.9 Å². The molecule has 1 rings (SSSR count). The lowest BCUT2D eigenvalue weighted by molar-refractivity contribution is -0.159. The van der Waals surface area contributed by atoms with Gasteiger partial charge in [-0.2, -0.15) is 0 Å². The molecule has 0 aromatic heterocycles. The van der Waals surface area contributed by atoms with Crippen LogP contribution in [-0.2, 0) is 14.3 Å². The number of ether oxygens (including phenoxy) is 1. The Kier molecular flexibility index (Phi) is 8.29. The van der Waals surface area contributed by atoms with Crippen molar-refractivity contribution in [1.82, 2.24) is 15.3 Å². The highest BCUT2D eigenvalue weighted by Gasteiger charge is 2.38. The van der Waals surface area contributed by atoms with Gasteiger partial charge in [0.25, 0.3) is 0 Å². The van der Waals surface area contributed by atoms with Crippen LogP contribution < -0.4 is 11.2 Å². The van der Waals surface area contributed by atoms with E-state index in [-0.39, 0.29) is 0 Å². The number of carbonyl (C=O) groups excluding carboxylic acids is 2. The summed E-state index contributed by atoms with van der Waals surface area (Å²) in [6.45, 7) is 6.25. The van der Waals surface area contributed by atoms with Crippen molar-refractivity contribution in [2.45, 2.75) is 70.6 Å². The Bertz CT molecular complexity index is 506. The number of hydrogen-bond donors (Lipinski definition) is 3. The summed E-state index contributed by atoms with van der Waals surface area (Å²) >= 11 is 0. The Morgan fingerprint density at radius 2 is 2.00 bits per heavy atom. The number of rotatable bonds is 8. The van der Waals surface area contributed by atoms with Gasteiger partial charge in [0.1, 0.15) is 17.7 Å². The van der Waals surface area contributed by atoms with Crippen LogP contribution in [0, 0.1) is 0 Å². The second kappa shape index (κ2) is 9.72. The second-order valence-electron chi connectivity index (χ2n) is 7.53. The topological polar surface area (TPSA) is 125 Å². The third-order valence-electron chi connectivity index (χ3n) is 4.06. The summed E-state index contributed by atoms with van der Waals surface area (Å²) in [7, 11) is 1.46. The number of hydrogen-bond acceptors (Lipinski definition) is 6. The van der Waals surface area contributed by atoms with Crippen molar-refractivity contribution in [3.8, 4) is 0 Å². The molecule has 0 radical (unpaired) electrons. The van der Waals surface area contributed by atoms with E-state index >= 15 is 0 Å². The number of urea groups is 1. The fraction of sp³-hybridized carbons (Fsp3) is 0.824. The van der Waals surface area contributed by atoms with Crippen molar-refractivity contribution < 1.29 is 24.2 Å². The highest BCUT2D eigenvalue weighted by Crippen LogP contribution is 2.22. The van der Waals surface area contributed by atoms with Crippen LogP contribution in [-0.4, -0.2) is 70.8 Å². The molecule has 2 amide bonds. The van der Waals surface area contributed by atoms with Crippen LogP contribution in [0.25, 0.3) is 0 Å². The Balaban J connectivity index is 2.69. The van der Waals surface area contributed by atoms with Gasteiger partial charge in [0.2, 0.25) is 0 Å². The zero-order valence-corrected chi connectivity index (χ0v) is 16.2. The third-order valence-corrected chi connectivity index (χ3v) is 4.06. The number of amides is 2. The van der Waals surface area contributed by atoms with Crippen LogP contribution in [0.3, 0.4) is 0 Å². The summed E-state index contributed by atoms with van der Waals surface area (Å²) in [6.07, 6.45) is 2.96. The number of carboxylic acids is 1. The SMILES string of the molecule is CN(NC(CCCCN)C(=O)O)C(=O)N1CCC[C@H]1C(=O)OC(C)(C)C. The molecular weight excluding hydrogens is 340 g/mol. The Morgan fingerprint density at radius 3 is 2.54 bits per heavy atom. The molecule has 0 bridgehead atoms. The molecule has 1 fully saturated rings. The summed E-state index contributed by atoms with van der Waals surface area (Å²) in [6, 6.07) is -1.98. The van der Waals surface area contributed by atoms with Gasteiger partial charge in [-0.3, -0.25) is 9.80 Å². The molecule has 0 saturated carbocycles. The number of nitrogens with one attached hydrogen (secondary N) is 1. The third kappa shape index (κ3) is 6.80. The number of nitrogens with zero attached hydrogens (tertiary/aromatic N) is 2. The molecule has 9 heteroatoms. The van der Waals surface area contributed by atoms with Crippen molar-refractivity contribution in [1.29, 1.82) is 0 Å². The van der Waals surface area contributed by atoms with Gasteiger partial charge in [-0.25, -0.2) is 15.0 Å². The molecular formula is C17H32N4O5. The van der Waals surface area contributed by atoms with Gasteiger partial charge in [-0.05, 0) is 59.4 Å². The van der Waals surface area contributed by atoms with E-state index in [2.05, 4.69) is 5.43 Å². The quantitative estimate of drug-likeness (QED) is 0.329. The summed E-state index contributed by atoms with van der Waals surface area (Å²) < 4.78 is 5.39. The van der Waals surface area contributed by atoms with E-state index in [1.807, 2.05) is 0 Å². The van der Waals surface area contributed by atoms with Crippen molar-refractivity contribution in [2.75, 3.05) is 20.1 Å². The van der Waals surface area contributed by atoms with Gasteiger partial charge in [0, 0.05) is 13.6 Å². The van der Waals surface area contributed by atoms with Crippen LogP contribution >= 0.6 is 0 Å². The molecule has 1 saturated heterocycles. The summed E-state index contributed by atoms with van der Waals surface area (Å²) in [5.41, 5.74) is 7.51.